The summed E-state index contributed by atoms with van der Waals surface area (Å²) in [6.07, 6.45) is 1.29. The minimum Gasteiger partial charge on any atom is -0.508 e. The van der Waals surface area contributed by atoms with Crippen molar-refractivity contribution in [2.75, 3.05) is 33.1 Å². The Bertz CT molecular complexity index is 1450. The molecule has 0 bridgehead atoms. The molecule has 0 radical (unpaired) electrons. The molecule has 0 unspecified atom stereocenters. The minimum absolute atomic E-state index is 0.0884. The van der Waals surface area contributed by atoms with E-state index in [4.69, 9.17) is 0 Å². The zero-order valence-electron chi connectivity index (χ0n) is 25.1. The number of hydrogen-bond acceptors (Lipinski definition) is 10. The number of Topliss-reactive ketones (excluding diaryl/α,β-unsaturated/α-hetero) is 3. The van der Waals surface area contributed by atoms with Crippen LogP contribution in [0.25, 0.3) is 5.76 Å². The Kier molecular flexibility index (Phi) is 6.72. The van der Waals surface area contributed by atoms with Gasteiger partial charge in [0.25, 0.3) is 0 Å². The predicted molar refractivity (Wildman–Crippen MR) is 154 cm³/mol. The van der Waals surface area contributed by atoms with Crippen LogP contribution in [0.3, 0.4) is 0 Å². The highest BCUT2D eigenvalue weighted by atomic mass is 16.3. The second-order valence-corrected chi connectivity index (χ2v) is 13.1. The van der Waals surface area contributed by atoms with E-state index in [1.54, 1.807) is 19.0 Å². The fraction of sp³-hybridized carbons (Fsp3) is 0.581. The molecule has 5 rings (SSSR count). The zero-order chi connectivity index (χ0) is 30.5. The minimum atomic E-state index is -2.57. The second-order valence-electron chi connectivity index (χ2n) is 13.1. The molecular weight excluding hydrogens is 526 g/mol. The van der Waals surface area contributed by atoms with Crippen molar-refractivity contribution >= 4 is 28.8 Å². The van der Waals surface area contributed by atoms with E-state index in [1.807, 2.05) is 19.0 Å². The highest BCUT2D eigenvalue weighted by molar-refractivity contribution is 6.25. The average Bonchev–Trinajstić information content (AvgIpc) is 3.32. The lowest BCUT2D eigenvalue weighted by Crippen LogP contribution is -2.65. The molecule has 10 heteroatoms. The maximum atomic E-state index is 14.2. The maximum Gasteiger partial charge on any atom is 0.202 e. The first-order chi connectivity index (χ1) is 19.0. The van der Waals surface area contributed by atoms with Gasteiger partial charge in [-0.05, 0) is 71.2 Å². The summed E-state index contributed by atoms with van der Waals surface area (Å²) in [5, 5.41) is 46.3. The van der Waals surface area contributed by atoms with Gasteiger partial charge in [0.15, 0.2) is 17.2 Å². The van der Waals surface area contributed by atoms with E-state index in [-0.39, 0.29) is 35.3 Å². The third kappa shape index (κ3) is 3.83. The molecule has 0 amide bonds. The summed E-state index contributed by atoms with van der Waals surface area (Å²) in [4.78, 5) is 45.8. The van der Waals surface area contributed by atoms with Gasteiger partial charge in [-0.3, -0.25) is 24.2 Å². The summed E-state index contributed by atoms with van der Waals surface area (Å²) in [5.74, 6) is -5.45. The third-order valence-electron chi connectivity index (χ3n) is 10.0. The first-order valence-corrected chi connectivity index (χ1v) is 14.2. The monoisotopic (exact) mass is 567 g/mol. The number of anilines is 1. The van der Waals surface area contributed by atoms with Crippen molar-refractivity contribution in [3.8, 4) is 5.75 Å². The Morgan fingerprint density at radius 1 is 1.05 bits per heavy atom. The van der Waals surface area contributed by atoms with Crippen LogP contribution in [-0.2, 0) is 33.9 Å². The number of ketones is 3. The summed E-state index contributed by atoms with van der Waals surface area (Å²) < 4.78 is 0. The van der Waals surface area contributed by atoms with Crippen LogP contribution in [-0.4, -0.2) is 92.9 Å². The van der Waals surface area contributed by atoms with Crippen LogP contribution in [0.1, 0.15) is 62.8 Å². The van der Waals surface area contributed by atoms with Gasteiger partial charge in [0.05, 0.1) is 11.6 Å². The predicted octanol–water partition coefficient (Wildman–Crippen LogP) is 2.64. The van der Waals surface area contributed by atoms with Crippen molar-refractivity contribution in [3.05, 3.63) is 39.2 Å². The smallest absolute Gasteiger partial charge is 0.202 e. The van der Waals surface area contributed by atoms with Crippen molar-refractivity contribution < 1.29 is 34.8 Å². The molecule has 41 heavy (non-hydrogen) atoms. The number of phenols is 1. The largest absolute Gasteiger partial charge is 0.508 e. The maximum absolute atomic E-state index is 14.2. The number of likely N-dealkylation sites (N-methyl/N-ethyl adjacent to an activating group) is 1. The molecule has 1 heterocycles. The van der Waals surface area contributed by atoms with Gasteiger partial charge in [-0.2, -0.15) is 0 Å². The Morgan fingerprint density at radius 2 is 1.66 bits per heavy atom. The topological polar surface area (TPSA) is 142 Å². The summed E-state index contributed by atoms with van der Waals surface area (Å²) in [6.45, 7) is 8.62. The number of rotatable bonds is 5. The Balaban J connectivity index is 1.74. The quantitative estimate of drug-likeness (QED) is 0.392. The zero-order valence-corrected chi connectivity index (χ0v) is 25.1. The standard InChI is InChI=1S/C31H41N3O7/c1-9-30(3,4)34-12-17-18(13-34)25(36)22-16(23(17)32(5)6)10-15-11-19-24(33(7)8)27(38)20(14(2)35)28(39)31(19,41)29(40)21(15)26(22)37/h15,19,24,36-37,39,41H,9-13H2,1-8H3/t15-,19-,24-,31+/m0/s1. The number of aromatic hydroxyl groups is 1. The molecule has 0 spiro atoms. The van der Waals surface area contributed by atoms with Gasteiger partial charge in [0.1, 0.15) is 22.8 Å². The molecule has 1 aromatic carbocycles. The van der Waals surface area contributed by atoms with Crippen LogP contribution in [0, 0.1) is 11.8 Å². The summed E-state index contributed by atoms with van der Waals surface area (Å²) in [5.41, 5.74) is 0.0271. The molecule has 10 nitrogen and oxygen atoms in total. The molecule has 4 aliphatic rings. The average molecular weight is 568 g/mol. The van der Waals surface area contributed by atoms with E-state index < -0.39 is 57.9 Å². The van der Waals surface area contributed by atoms with E-state index in [9.17, 15) is 34.8 Å². The number of benzene rings is 1. The van der Waals surface area contributed by atoms with Gasteiger partial charge in [-0.25, -0.2) is 0 Å². The molecule has 4 atom stereocenters. The van der Waals surface area contributed by atoms with Crippen LogP contribution in [0.5, 0.6) is 5.75 Å². The van der Waals surface area contributed by atoms with Crippen LogP contribution in [0.4, 0.5) is 5.69 Å². The summed E-state index contributed by atoms with van der Waals surface area (Å²) >= 11 is 0. The van der Waals surface area contributed by atoms with Crippen molar-refractivity contribution in [1.82, 2.24) is 9.80 Å². The fourth-order valence-corrected chi connectivity index (χ4v) is 7.54. The lowest BCUT2D eigenvalue weighted by Gasteiger charge is -2.50. The van der Waals surface area contributed by atoms with Gasteiger partial charge in [0, 0.05) is 55.5 Å². The van der Waals surface area contributed by atoms with Gasteiger partial charge in [-0.1, -0.05) is 6.92 Å². The number of fused-ring (bicyclic) bond motifs is 4. The number of phenolic OH excluding ortho intramolecular Hbond substituents is 1. The van der Waals surface area contributed by atoms with E-state index in [0.29, 0.717) is 24.2 Å². The van der Waals surface area contributed by atoms with Crippen molar-refractivity contribution in [2.45, 2.75) is 77.2 Å². The van der Waals surface area contributed by atoms with Gasteiger partial charge in [-0.15, -0.1) is 0 Å². The number of hydrogen-bond donors (Lipinski definition) is 4. The first-order valence-electron chi connectivity index (χ1n) is 14.2. The van der Waals surface area contributed by atoms with E-state index in [2.05, 4.69) is 25.7 Å². The SMILES string of the molecule is CCC(C)(C)N1Cc2c(O)c3c(c(N(C)C)c2C1)C[C@H]1C[C@H]2[C@H](N(C)C)C(=O)C(C(C)=O)=C(O)[C@@]2(O)C(=O)C1=C3O. The van der Waals surface area contributed by atoms with E-state index in [1.165, 1.54) is 0 Å². The molecule has 222 valence electrons. The van der Waals surface area contributed by atoms with Gasteiger partial charge in [0.2, 0.25) is 5.78 Å². The second kappa shape index (κ2) is 9.40. The third-order valence-corrected chi connectivity index (χ3v) is 10.0. The van der Waals surface area contributed by atoms with Gasteiger partial charge >= 0.3 is 0 Å². The lowest BCUT2D eigenvalue weighted by atomic mass is 9.57. The van der Waals surface area contributed by atoms with Crippen LogP contribution in [0.15, 0.2) is 16.9 Å². The molecule has 1 aromatic rings. The number of carbonyl (C=O) groups is 3. The first kappa shape index (κ1) is 29.3. The number of aliphatic hydroxyl groups excluding tert-OH is 2. The van der Waals surface area contributed by atoms with Crippen molar-refractivity contribution in [2.24, 2.45) is 11.8 Å². The van der Waals surface area contributed by atoms with Crippen molar-refractivity contribution in [1.29, 1.82) is 0 Å². The molecule has 1 fully saturated rings. The fourth-order valence-electron chi connectivity index (χ4n) is 7.54. The number of aliphatic hydroxyl groups is 3. The molecule has 1 saturated carbocycles. The van der Waals surface area contributed by atoms with Crippen LogP contribution >= 0.6 is 0 Å². The van der Waals surface area contributed by atoms with Crippen molar-refractivity contribution in [3.63, 3.8) is 0 Å². The highest BCUT2D eigenvalue weighted by Crippen LogP contribution is 2.56. The molecule has 0 saturated heterocycles. The van der Waals surface area contributed by atoms with E-state index >= 15 is 0 Å². The highest BCUT2D eigenvalue weighted by Gasteiger charge is 2.64. The summed E-state index contributed by atoms with van der Waals surface area (Å²) in [6, 6.07) is -1.03. The normalized spacial score (nSPS) is 28.1. The van der Waals surface area contributed by atoms with E-state index in [0.717, 1.165) is 24.6 Å². The van der Waals surface area contributed by atoms with Gasteiger partial charge < -0.3 is 25.3 Å². The van der Waals surface area contributed by atoms with Crippen LogP contribution in [0.2, 0.25) is 0 Å². The Hall–Kier alpha value is -3.21. The molecule has 1 aliphatic heterocycles. The lowest BCUT2D eigenvalue weighted by molar-refractivity contribution is -0.153. The molecule has 0 aromatic heterocycles. The molecule has 4 N–H and O–H groups in total. The number of nitrogens with zero attached hydrogens (tertiary/aromatic N) is 3. The number of carbonyl (C=O) groups excluding carboxylic acids is 3. The molecule has 3 aliphatic carbocycles. The summed E-state index contributed by atoms with van der Waals surface area (Å²) in [7, 11) is 7.08. The Morgan fingerprint density at radius 3 is 2.20 bits per heavy atom. The molecular formula is C31H41N3O7. The van der Waals surface area contributed by atoms with Crippen LogP contribution < -0.4 is 4.90 Å². The Labute approximate surface area is 240 Å².